The van der Waals surface area contributed by atoms with Crippen molar-refractivity contribution in [3.05, 3.63) is 57.6 Å². The topological polar surface area (TPSA) is 91.0 Å². The minimum Gasteiger partial charge on any atom is -0.495 e. The standard InChI is InChI=1S/C28H32N4O4/c1-33-25-14-24-19(13-21(25)16-30)5-11-35-27(24)18-32-9-7-31(8-10-32)17-26-22-4-3-20(15-29)28(34-2)23(22)6-12-36-26/h3-4,13-14,26-27H,5-12,17-18H2,1-2H3. The molecule has 0 saturated carbocycles. The number of hydrogen-bond acceptors (Lipinski definition) is 8. The quantitative estimate of drug-likeness (QED) is 0.613. The molecule has 0 aromatic heterocycles. The van der Waals surface area contributed by atoms with Crippen LogP contribution in [0.1, 0.15) is 45.6 Å². The Balaban J connectivity index is 1.21. The highest BCUT2D eigenvalue weighted by Crippen LogP contribution is 2.37. The van der Waals surface area contributed by atoms with Gasteiger partial charge in [0.1, 0.15) is 23.6 Å². The molecule has 0 spiro atoms. The van der Waals surface area contributed by atoms with Gasteiger partial charge in [-0.2, -0.15) is 10.5 Å². The van der Waals surface area contributed by atoms with Crippen molar-refractivity contribution in [2.75, 3.05) is 66.7 Å². The Kier molecular flexibility index (Phi) is 7.41. The predicted molar refractivity (Wildman–Crippen MR) is 133 cm³/mol. The zero-order valence-corrected chi connectivity index (χ0v) is 21.0. The smallest absolute Gasteiger partial charge is 0.140 e. The first kappa shape index (κ1) is 24.5. The zero-order valence-electron chi connectivity index (χ0n) is 21.0. The lowest BCUT2D eigenvalue weighted by Gasteiger charge is -2.39. The van der Waals surface area contributed by atoms with E-state index < -0.39 is 0 Å². The average molecular weight is 489 g/mol. The van der Waals surface area contributed by atoms with Crippen molar-refractivity contribution >= 4 is 0 Å². The Bertz CT molecular complexity index is 1160. The molecule has 8 heteroatoms. The van der Waals surface area contributed by atoms with E-state index in [1.165, 1.54) is 5.56 Å². The summed E-state index contributed by atoms with van der Waals surface area (Å²) in [5.74, 6) is 1.31. The first-order chi connectivity index (χ1) is 17.6. The van der Waals surface area contributed by atoms with Crippen molar-refractivity contribution in [1.82, 2.24) is 9.80 Å². The first-order valence-electron chi connectivity index (χ1n) is 12.5. The van der Waals surface area contributed by atoms with Gasteiger partial charge in [0.15, 0.2) is 0 Å². The molecule has 0 amide bonds. The van der Waals surface area contributed by atoms with Gasteiger partial charge >= 0.3 is 0 Å². The van der Waals surface area contributed by atoms with Gasteiger partial charge < -0.3 is 18.9 Å². The maximum Gasteiger partial charge on any atom is 0.140 e. The molecule has 3 aliphatic heterocycles. The summed E-state index contributed by atoms with van der Waals surface area (Å²) in [6.07, 6.45) is 1.55. The highest BCUT2D eigenvalue weighted by atomic mass is 16.5. The lowest BCUT2D eigenvalue weighted by atomic mass is 9.93. The highest BCUT2D eigenvalue weighted by molar-refractivity contribution is 5.53. The van der Waals surface area contributed by atoms with Crippen molar-refractivity contribution < 1.29 is 18.9 Å². The van der Waals surface area contributed by atoms with Crippen LogP contribution in [0.3, 0.4) is 0 Å². The fourth-order valence-electron chi connectivity index (χ4n) is 5.66. The molecular weight excluding hydrogens is 456 g/mol. The number of fused-ring (bicyclic) bond motifs is 2. The summed E-state index contributed by atoms with van der Waals surface area (Å²) in [6.45, 7) is 6.79. The normalized spacial score (nSPS) is 22.1. The van der Waals surface area contributed by atoms with Gasteiger partial charge in [0.25, 0.3) is 0 Å². The Labute approximate surface area is 212 Å². The van der Waals surface area contributed by atoms with Crippen molar-refractivity contribution in [1.29, 1.82) is 10.5 Å². The van der Waals surface area contributed by atoms with E-state index >= 15 is 0 Å². The van der Waals surface area contributed by atoms with Gasteiger partial charge in [0.05, 0.1) is 50.8 Å². The maximum absolute atomic E-state index is 9.42. The van der Waals surface area contributed by atoms with Gasteiger partial charge in [0.2, 0.25) is 0 Å². The fourth-order valence-corrected chi connectivity index (χ4v) is 5.66. The lowest BCUT2D eigenvalue weighted by molar-refractivity contribution is -0.0138. The molecule has 0 N–H and O–H groups in total. The molecule has 1 fully saturated rings. The number of hydrogen-bond donors (Lipinski definition) is 0. The van der Waals surface area contributed by atoms with E-state index in [0.29, 0.717) is 35.8 Å². The van der Waals surface area contributed by atoms with Crippen molar-refractivity contribution in [3.63, 3.8) is 0 Å². The molecule has 2 atom stereocenters. The van der Waals surface area contributed by atoms with Crippen LogP contribution in [0.2, 0.25) is 0 Å². The monoisotopic (exact) mass is 488 g/mol. The molecule has 1 saturated heterocycles. The third kappa shape index (κ3) is 4.78. The predicted octanol–water partition coefficient (Wildman–Crippen LogP) is 2.99. The molecule has 2 unspecified atom stereocenters. The second kappa shape index (κ2) is 10.9. The van der Waals surface area contributed by atoms with Crippen LogP contribution < -0.4 is 9.47 Å². The number of benzene rings is 2. The molecule has 0 radical (unpaired) electrons. The van der Waals surface area contributed by atoms with E-state index in [0.717, 1.165) is 68.8 Å². The Morgan fingerprint density at radius 2 is 1.47 bits per heavy atom. The van der Waals surface area contributed by atoms with Crippen LogP contribution in [0, 0.1) is 22.7 Å². The van der Waals surface area contributed by atoms with E-state index in [9.17, 15) is 10.5 Å². The summed E-state index contributed by atoms with van der Waals surface area (Å²) < 4.78 is 23.3. The molecule has 36 heavy (non-hydrogen) atoms. The molecular formula is C28H32N4O4. The fraction of sp³-hybridized carbons (Fsp3) is 0.500. The van der Waals surface area contributed by atoms with Crippen LogP contribution in [-0.2, 0) is 22.3 Å². The lowest BCUT2D eigenvalue weighted by Crippen LogP contribution is -2.49. The summed E-state index contributed by atoms with van der Waals surface area (Å²) in [5, 5.41) is 18.8. The highest BCUT2D eigenvalue weighted by Gasteiger charge is 2.30. The van der Waals surface area contributed by atoms with Crippen LogP contribution in [0.25, 0.3) is 0 Å². The van der Waals surface area contributed by atoms with Gasteiger partial charge in [-0.1, -0.05) is 6.07 Å². The van der Waals surface area contributed by atoms with Gasteiger partial charge in [-0.15, -0.1) is 0 Å². The number of methoxy groups -OCH3 is 2. The molecule has 3 aliphatic rings. The number of rotatable bonds is 6. The minimum absolute atomic E-state index is 0.0164. The summed E-state index contributed by atoms with van der Waals surface area (Å²) in [5.41, 5.74) is 5.73. The van der Waals surface area contributed by atoms with Crippen LogP contribution in [0.15, 0.2) is 24.3 Å². The third-order valence-electron chi connectivity index (χ3n) is 7.57. The molecule has 0 aliphatic carbocycles. The molecule has 3 heterocycles. The largest absolute Gasteiger partial charge is 0.495 e. The van der Waals surface area contributed by atoms with E-state index in [4.69, 9.17) is 18.9 Å². The number of piperazine rings is 1. The molecule has 2 aromatic rings. The number of nitriles is 2. The van der Waals surface area contributed by atoms with Gasteiger partial charge in [-0.25, -0.2) is 0 Å². The minimum atomic E-state index is -0.0164. The van der Waals surface area contributed by atoms with Crippen LogP contribution in [0.5, 0.6) is 11.5 Å². The Morgan fingerprint density at radius 1 is 0.833 bits per heavy atom. The van der Waals surface area contributed by atoms with Crippen LogP contribution in [0.4, 0.5) is 0 Å². The SMILES string of the molecule is COc1cc2c(cc1C#N)CCOC2CN1CCN(CC2OCCc3c2ccc(C#N)c3OC)CC1. The van der Waals surface area contributed by atoms with Crippen molar-refractivity contribution in [2.45, 2.75) is 25.0 Å². The van der Waals surface area contributed by atoms with Crippen LogP contribution in [-0.4, -0.2) is 76.5 Å². The molecule has 2 aromatic carbocycles. The van der Waals surface area contributed by atoms with Crippen molar-refractivity contribution in [3.8, 4) is 23.6 Å². The zero-order chi connectivity index (χ0) is 25.1. The van der Waals surface area contributed by atoms with Gasteiger partial charge in [-0.3, -0.25) is 9.80 Å². The Morgan fingerprint density at radius 3 is 2.08 bits per heavy atom. The summed E-state index contributed by atoms with van der Waals surface area (Å²) >= 11 is 0. The Hall–Kier alpha value is -3.14. The molecule has 188 valence electrons. The molecule has 8 nitrogen and oxygen atoms in total. The second-order valence-electron chi connectivity index (χ2n) is 9.51. The second-order valence-corrected chi connectivity index (χ2v) is 9.51. The summed E-state index contributed by atoms with van der Waals surface area (Å²) in [4.78, 5) is 4.91. The summed E-state index contributed by atoms with van der Waals surface area (Å²) in [7, 11) is 3.24. The van der Waals surface area contributed by atoms with Crippen LogP contribution >= 0.6 is 0 Å². The third-order valence-corrected chi connectivity index (χ3v) is 7.57. The number of ether oxygens (including phenoxy) is 4. The average Bonchev–Trinajstić information content (AvgIpc) is 2.92. The molecule has 0 bridgehead atoms. The summed E-state index contributed by atoms with van der Waals surface area (Å²) in [6, 6.07) is 12.3. The first-order valence-corrected chi connectivity index (χ1v) is 12.5. The number of nitrogens with zero attached hydrogens (tertiary/aromatic N) is 4. The maximum atomic E-state index is 9.42. The van der Waals surface area contributed by atoms with Gasteiger partial charge in [-0.05, 0) is 47.7 Å². The van der Waals surface area contributed by atoms with Crippen molar-refractivity contribution in [2.24, 2.45) is 0 Å². The van der Waals surface area contributed by atoms with E-state index in [-0.39, 0.29) is 12.2 Å². The van der Waals surface area contributed by atoms with E-state index in [2.05, 4.69) is 21.9 Å². The van der Waals surface area contributed by atoms with E-state index in [1.807, 2.05) is 24.3 Å². The van der Waals surface area contributed by atoms with Gasteiger partial charge in [0, 0.05) is 44.8 Å². The molecule has 5 rings (SSSR count). The van der Waals surface area contributed by atoms with E-state index in [1.54, 1.807) is 14.2 Å².